The predicted octanol–water partition coefficient (Wildman–Crippen LogP) is 2.67. The van der Waals surface area contributed by atoms with E-state index in [4.69, 9.17) is 0 Å². The third kappa shape index (κ3) is 5.74. The van der Waals surface area contributed by atoms with Crippen molar-refractivity contribution in [3.8, 4) is 0 Å². The molecule has 2 rings (SSSR count). The van der Waals surface area contributed by atoms with Crippen LogP contribution in [0.25, 0.3) is 0 Å². The summed E-state index contributed by atoms with van der Waals surface area (Å²) in [6, 6.07) is 2.09. The van der Waals surface area contributed by atoms with Crippen molar-refractivity contribution in [2.45, 2.75) is 38.5 Å². The number of carbonyl (C=O) groups excluding carboxylic acids is 1. The van der Waals surface area contributed by atoms with Crippen LogP contribution in [0, 0.1) is 0 Å². The predicted molar refractivity (Wildman–Crippen MR) is 80.6 cm³/mol. The minimum Gasteiger partial charge on any atom is -0.356 e. The zero-order chi connectivity index (χ0) is 13.3. The monoisotopic (exact) mass is 280 g/mol. The van der Waals surface area contributed by atoms with Crippen LogP contribution in [0.5, 0.6) is 0 Å². The van der Waals surface area contributed by atoms with Crippen molar-refractivity contribution in [3.05, 3.63) is 22.4 Å². The maximum Gasteiger partial charge on any atom is 0.220 e. The summed E-state index contributed by atoms with van der Waals surface area (Å²) in [6.45, 7) is 4.43. The molecule has 1 fully saturated rings. The molecule has 1 N–H and O–H groups in total. The first kappa shape index (κ1) is 14.5. The summed E-state index contributed by atoms with van der Waals surface area (Å²) in [5.41, 5.74) is 1.27. The molecule has 1 aliphatic heterocycles. The number of nitrogens with one attached hydrogen (secondary N) is 1. The molecule has 0 unspecified atom stereocenters. The first-order valence-corrected chi connectivity index (χ1v) is 8.29. The van der Waals surface area contributed by atoms with Gasteiger partial charge in [0, 0.05) is 13.0 Å². The highest BCUT2D eigenvalue weighted by Gasteiger charge is 2.09. The molecule has 1 amide bonds. The van der Waals surface area contributed by atoms with Gasteiger partial charge in [0.05, 0.1) is 0 Å². The molecule has 4 heteroatoms. The lowest BCUT2D eigenvalue weighted by molar-refractivity contribution is -0.121. The molecule has 0 bridgehead atoms. The quantitative estimate of drug-likeness (QED) is 0.779. The molecule has 0 aromatic carbocycles. The lowest BCUT2D eigenvalue weighted by atomic mass is 10.1. The van der Waals surface area contributed by atoms with E-state index >= 15 is 0 Å². The topological polar surface area (TPSA) is 32.3 Å². The maximum atomic E-state index is 11.7. The van der Waals surface area contributed by atoms with Gasteiger partial charge in [-0.3, -0.25) is 4.79 Å². The molecule has 1 aliphatic rings. The molecule has 3 nitrogen and oxygen atoms in total. The summed E-state index contributed by atoms with van der Waals surface area (Å²) in [7, 11) is 0. The van der Waals surface area contributed by atoms with Gasteiger partial charge in [-0.15, -0.1) is 0 Å². The number of hydrogen-bond donors (Lipinski definition) is 1. The van der Waals surface area contributed by atoms with Crippen molar-refractivity contribution >= 4 is 17.2 Å². The van der Waals surface area contributed by atoms with E-state index in [0.29, 0.717) is 6.42 Å². The van der Waals surface area contributed by atoms with Crippen molar-refractivity contribution in [2.75, 3.05) is 26.2 Å². The second-order valence-electron chi connectivity index (χ2n) is 5.24. The van der Waals surface area contributed by atoms with Gasteiger partial charge in [0.15, 0.2) is 0 Å². The van der Waals surface area contributed by atoms with Crippen molar-refractivity contribution in [2.24, 2.45) is 0 Å². The SMILES string of the molecule is O=C(CCc1ccsc1)NCCCN1CCCCC1. The van der Waals surface area contributed by atoms with Gasteiger partial charge in [-0.25, -0.2) is 0 Å². The number of likely N-dealkylation sites (tertiary alicyclic amines) is 1. The van der Waals surface area contributed by atoms with Crippen LogP contribution < -0.4 is 5.32 Å². The Hall–Kier alpha value is -0.870. The van der Waals surface area contributed by atoms with Crippen LogP contribution >= 0.6 is 11.3 Å². The lowest BCUT2D eigenvalue weighted by Gasteiger charge is -2.26. The fourth-order valence-corrected chi connectivity index (χ4v) is 3.20. The summed E-state index contributed by atoms with van der Waals surface area (Å²) in [5, 5.41) is 7.20. The van der Waals surface area contributed by atoms with Crippen LogP contribution in [0.1, 0.15) is 37.7 Å². The van der Waals surface area contributed by atoms with Gasteiger partial charge in [-0.05, 0) is 67.7 Å². The molecule has 19 heavy (non-hydrogen) atoms. The summed E-state index contributed by atoms with van der Waals surface area (Å²) < 4.78 is 0. The second-order valence-corrected chi connectivity index (χ2v) is 6.02. The largest absolute Gasteiger partial charge is 0.356 e. The average Bonchev–Trinajstić information content (AvgIpc) is 2.96. The number of amides is 1. The Balaban J connectivity index is 1.49. The van der Waals surface area contributed by atoms with E-state index in [2.05, 4.69) is 27.0 Å². The molecule has 1 aromatic heterocycles. The Kier molecular flexibility index (Phi) is 6.37. The number of hydrogen-bond acceptors (Lipinski definition) is 3. The molecule has 106 valence electrons. The Morgan fingerprint density at radius 3 is 2.89 bits per heavy atom. The summed E-state index contributed by atoms with van der Waals surface area (Å²) in [6.07, 6.45) is 6.61. The lowest BCUT2D eigenvalue weighted by Crippen LogP contribution is -2.33. The summed E-state index contributed by atoms with van der Waals surface area (Å²) in [4.78, 5) is 14.2. The van der Waals surface area contributed by atoms with Crippen LogP contribution in [0.2, 0.25) is 0 Å². The normalized spacial score (nSPS) is 16.4. The minimum absolute atomic E-state index is 0.185. The Morgan fingerprint density at radius 1 is 1.32 bits per heavy atom. The van der Waals surface area contributed by atoms with E-state index in [9.17, 15) is 4.79 Å². The van der Waals surface area contributed by atoms with Crippen molar-refractivity contribution in [3.63, 3.8) is 0 Å². The fourth-order valence-electron chi connectivity index (χ4n) is 2.49. The Labute approximate surface area is 120 Å². The van der Waals surface area contributed by atoms with Crippen LogP contribution in [0.15, 0.2) is 16.8 Å². The maximum absolute atomic E-state index is 11.7. The molecule has 0 saturated carbocycles. The fraction of sp³-hybridized carbons (Fsp3) is 0.667. The molecule has 0 aliphatic carbocycles. The Bertz CT molecular complexity index is 358. The Morgan fingerprint density at radius 2 is 2.16 bits per heavy atom. The number of rotatable bonds is 7. The van der Waals surface area contributed by atoms with Crippen LogP contribution in [0.3, 0.4) is 0 Å². The van der Waals surface area contributed by atoms with Gasteiger partial charge >= 0.3 is 0 Å². The van der Waals surface area contributed by atoms with Crippen molar-refractivity contribution in [1.29, 1.82) is 0 Å². The number of piperidine rings is 1. The number of carbonyl (C=O) groups is 1. The minimum atomic E-state index is 0.185. The summed E-state index contributed by atoms with van der Waals surface area (Å²) in [5.74, 6) is 0.185. The van der Waals surface area contributed by atoms with Gasteiger partial charge < -0.3 is 10.2 Å². The number of nitrogens with zero attached hydrogens (tertiary/aromatic N) is 1. The highest BCUT2D eigenvalue weighted by molar-refractivity contribution is 7.07. The first-order chi connectivity index (χ1) is 9.34. The number of aryl methyl sites for hydroxylation is 1. The smallest absolute Gasteiger partial charge is 0.220 e. The molecule has 1 aromatic rings. The van der Waals surface area contributed by atoms with Crippen LogP contribution in [-0.2, 0) is 11.2 Å². The van der Waals surface area contributed by atoms with Crippen LogP contribution in [0.4, 0.5) is 0 Å². The highest BCUT2D eigenvalue weighted by Crippen LogP contribution is 2.09. The zero-order valence-corrected chi connectivity index (χ0v) is 12.4. The van der Waals surface area contributed by atoms with Gasteiger partial charge in [0.1, 0.15) is 0 Å². The molecule has 2 heterocycles. The van der Waals surface area contributed by atoms with E-state index < -0.39 is 0 Å². The van der Waals surface area contributed by atoms with Crippen molar-refractivity contribution < 1.29 is 4.79 Å². The van der Waals surface area contributed by atoms with Crippen LogP contribution in [-0.4, -0.2) is 37.0 Å². The molecule has 1 saturated heterocycles. The van der Waals surface area contributed by atoms with Gasteiger partial charge in [-0.1, -0.05) is 6.42 Å². The molecule has 0 radical (unpaired) electrons. The van der Waals surface area contributed by atoms with Gasteiger partial charge in [-0.2, -0.15) is 11.3 Å². The van der Waals surface area contributed by atoms with E-state index in [-0.39, 0.29) is 5.91 Å². The third-order valence-corrected chi connectivity index (χ3v) is 4.37. The van der Waals surface area contributed by atoms with E-state index in [1.54, 1.807) is 11.3 Å². The van der Waals surface area contributed by atoms with Gasteiger partial charge in [0.2, 0.25) is 5.91 Å². The van der Waals surface area contributed by atoms with E-state index in [0.717, 1.165) is 25.9 Å². The highest BCUT2D eigenvalue weighted by atomic mass is 32.1. The molecular weight excluding hydrogens is 256 g/mol. The van der Waals surface area contributed by atoms with Gasteiger partial charge in [0.25, 0.3) is 0 Å². The second kappa shape index (κ2) is 8.33. The van der Waals surface area contributed by atoms with Crippen molar-refractivity contribution in [1.82, 2.24) is 10.2 Å². The molecular formula is C15H24N2OS. The molecule has 0 spiro atoms. The average molecular weight is 280 g/mol. The van der Waals surface area contributed by atoms with E-state index in [1.165, 1.54) is 37.9 Å². The number of thiophene rings is 1. The standard InChI is InChI=1S/C15H24N2OS/c18-15(6-5-14-7-12-19-13-14)16-8-4-11-17-9-2-1-3-10-17/h7,12-13H,1-6,8-11H2,(H,16,18). The summed E-state index contributed by atoms with van der Waals surface area (Å²) >= 11 is 1.69. The zero-order valence-electron chi connectivity index (χ0n) is 11.6. The first-order valence-electron chi connectivity index (χ1n) is 7.35. The molecule has 0 atom stereocenters. The van der Waals surface area contributed by atoms with E-state index in [1.807, 2.05) is 0 Å². The third-order valence-electron chi connectivity index (χ3n) is 3.64.